The molecule has 19 heavy (non-hydrogen) atoms. The van der Waals surface area contributed by atoms with Gasteiger partial charge in [-0.15, -0.1) is 0 Å². The minimum atomic E-state index is -1.07. The first-order valence-corrected chi connectivity index (χ1v) is 6.09. The highest BCUT2D eigenvalue weighted by Gasteiger charge is 2.25. The van der Waals surface area contributed by atoms with Crippen molar-refractivity contribution in [2.45, 2.75) is 38.8 Å². The summed E-state index contributed by atoms with van der Waals surface area (Å²) in [5, 5.41) is 11.4. The molecule has 0 aromatic heterocycles. The van der Waals surface area contributed by atoms with Gasteiger partial charge in [0.25, 0.3) is 0 Å². The van der Waals surface area contributed by atoms with Crippen molar-refractivity contribution in [3.8, 4) is 0 Å². The lowest BCUT2D eigenvalue weighted by molar-refractivity contribution is -0.143. The van der Waals surface area contributed by atoms with Crippen LogP contribution in [0.4, 0.5) is 0 Å². The Bertz CT molecular complexity index is 339. The summed E-state index contributed by atoms with van der Waals surface area (Å²) in [4.78, 5) is 26.4. The molecule has 0 heterocycles. The maximum absolute atomic E-state index is 11.7. The lowest BCUT2D eigenvalue weighted by Gasteiger charge is -2.20. The number of nitrogens with zero attached hydrogens (tertiary/aromatic N) is 1. The fourth-order valence-corrected chi connectivity index (χ4v) is 1.42. The van der Waals surface area contributed by atoms with Crippen LogP contribution in [0.15, 0.2) is 4.99 Å². The lowest BCUT2D eigenvalue weighted by Crippen LogP contribution is -2.50. The number of hydrogen-bond donors (Lipinski definition) is 5. The molecule has 8 nitrogen and oxygen atoms in total. The van der Waals surface area contributed by atoms with Crippen LogP contribution in [-0.2, 0) is 9.59 Å². The summed E-state index contributed by atoms with van der Waals surface area (Å²) in [6.45, 7) is 3.81. The number of nitrogens with two attached hydrogens (primary N) is 3. The molecule has 1 unspecified atom stereocenters. The van der Waals surface area contributed by atoms with E-state index in [1.807, 2.05) is 0 Å². The summed E-state index contributed by atoms with van der Waals surface area (Å²) < 4.78 is 0. The van der Waals surface area contributed by atoms with Gasteiger partial charge in [-0.25, -0.2) is 4.79 Å². The van der Waals surface area contributed by atoms with Gasteiger partial charge >= 0.3 is 5.97 Å². The fraction of sp³-hybridized carbons (Fsp3) is 0.727. The Morgan fingerprint density at radius 2 is 1.89 bits per heavy atom. The second-order valence-corrected chi connectivity index (χ2v) is 4.62. The van der Waals surface area contributed by atoms with Gasteiger partial charge in [0.2, 0.25) is 5.91 Å². The first kappa shape index (κ1) is 17.2. The van der Waals surface area contributed by atoms with E-state index in [2.05, 4.69) is 10.3 Å². The van der Waals surface area contributed by atoms with Crippen molar-refractivity contribution in [3.05, 3.63) is 0 Å². The Balaban J connectivity index is 4.18. The molecule has 8 N–H and O–H groups in total. The SMILES string of the molecule is CC(C)C(NC(=O)[C@@H](N)CCCN=C(N)N)C(=O)O. The van der Waals surface area contributed by atoms with E-state index in [-0.39, 0.29) is 11.9 Å². The molecule has 0 radical (unpaired) electrons. The standard InChI is InChI=1S/C11H23N5O3/c1-6(2)8(10(18)19)16-9(17)7(12)4-3-5-15-11(13)14/h6-8H,3-5,12H2,1-2H3,(H,16,17)(H,18,19)(H4,13,14,15)/t7-,8?/m0/s1. The number of carbonyl (C=O) groups excluding carboxylic acids is 1. The number of amides is 1. The molecule has 0 spiro atoms. The number of hydrogen-bond acceptors (Lipinski definition) is 4. The molecule has 110 valence electrons. The number of rotatable bonds is 8. The summed E-state index contributed by atoms with van der Waals surface area (Å²) in [5.41, 5.74) is 16.0. The Morgan fingerprint density at radius 3 is 2.32 bits per heavy atom. The molecule has 0 rings (SSSR count). The number of aliphatic carboxylic acids is 1. The van der Waals surface area contributed by atoms with Gasteiger partial charge in [-0.2, -0.15) is 0 Å². The number of nitrogens with one attached hydrogen (secondary N) is 1. The molecule has 0 fully saturated rings. The van der Waals surface area contributed by atoms with Crippen LogP contribution in [0.3, 0.4) is 0 Å². The number of aliphatic imine (C=N–C) groups is 1. The highest BCUT2D eigenvalue weighted by molar-refractivity contribution is 5.86. The number of guanidine groups is 1. The van der Waals surface area contributed by atoms with Crippen molar-refractivity contribution in [1.29, 1.82) is 0 Å². The van der Waals surface area contributed by atoms with Crippen LogP contribution in [0.2, 0.25) is 0 Å². The minimum Gasteiger partial charge on any atom is -0.480 e. The predicted octanol–water partition coefficient (Wildman–Crippen LogP) is -1.41. The third-order valence-corrected chi connectivity index (χ3v) is 2.53. The normalized spacial score (nSPS) is 13.7. The van der Waals surface area contributed by atoms with Crippen LogP contribution in [0.25, 0.3) is 0 Å². The third kappa shape index (κ3) is 7.24. The first-order chi connectivity index (χ1) is 8.75. The van der Waals surface area contributed by atoms with E-state index in [0.29, 0.717) is 19.4 Å². The van der Waals surface area contributed by atoms with Gasteiger partial charge in [0, 0.05) is 6.54 Å². The van der Waals surface area contributed by atoms with E-state index in [1.165, 1.54) is 0 Å². The molecule has 0 aliphatic carbocycles. The number of carboxylic acids is 1. The zero-order chi connectivity index (χ0) is 15.0. The fourth-order valence-electron chi connectivity index (χ4n) is 1.42. The topological polar surface area (TPSA) is 157 Å². The molecular formula is C11H23N5O3. The van der Waals surface area contributed by atoms with Crippen LogP contribution >= 0.6 is 0 Å². The monoisotopic (exact) mass is 273 g/mol. The van der Waals surface area contributed by atoms with E-state index in [9.17, 15) is 9.59 Å². The summed E-state index contributed by atoms with van der Waals surface area (Å²) in [6, 6.07) is -1.70. The van der Waals surface area contributed by atoms with Crippen LogP contribution in [0.5, 0.6) is 0 Å². The Labute approximate surface area is 112 Å². The van der Waals surface area contributed by atoms with Crippen molar-refractivity contribution < 1.29 is 14.7 Å². The second-order valence-electron chi connectivity index (χ2n) is 4.62. The molecule has 1 amide bonds. The van der Waals surface area contributed by atoms with Gasteiger partial charge in [-0.3, -0.25) is 9.79 Å². The molecule has 0 saturated carbocycles. The molecule has 0 saturated heterocycles. The molecule has 8 heteroatoms. The maximum atomic E-state index is 11.7. The highest BCUT2D eigenvalue weighted by Crippen LogP contribution is 2.03. The van der Waals surface area contributed by atoms with Crippen molar-refractivity contribution in [2.24, 2.45) is 28.1 Å². The van der Waals surface area contributed by atoms with E-state index in [1.54, 1.807) is 13.8 Å². The Kier molecular flexibility index (Phi) is 7.50. The van der Waals surface area contributed by atoms with Crippen LogP contribution in [0, 0.1) is 5.92 Å². The van der Waals surface area contributed by atoms with Gasteiger partial charge < -0.3 is 27.6 Å². The number of carbonyl (C=O) groups is 2. The Morgan fingerprint density at radius 1 is 1.32 bits per heavy atom. The van der Waals surface area contributed by atoms with Crippen molar-refractivity contribution in [3.63, 3.8) is 0 Å². The van der Waals surface area contributed by atoms with Crippen LogP contribution in [0.1, 0.15) is 26.7 Å². The van der Waals surface area contributed by atoms with Gasteiger partial charge in [0.15, 0.2) is 5.96 Å². The third-order valence-electron chi connectivity index (χ3n) is 2.53. The van der Waals surface area contributed by atoms with E-state index < -0.39 is 24.0 Å². The second kappa shape index (κ2) is 8.30. The van der Waals surface area contributed by atoms with Crippen molar-refractivity contribution in [2.75, 3.05) is 6.54 Å². The Hall–Kier alpha value is -1.83. The van der Waals surface area contributed by atoms with E-state index in [4.69, 9.17) is 22.3 Å². The zero-order valence-corrected chi connectivity index (χ0v) is 11.3. The van der Waals surface area contributed by atoms with Crippen molar-refractivity contribution in [1.82, 2.24) is 5.32 Å². The van der Waals surface area contributed by atoms with E-state index in [0.717, 1.165) is 0 Å². The quantitative estimate of drug-likeness (QED) is 0.208. The predicted molar refractivity (Wildman–Crippen MR) is 72.3 cm³/mol. The van der Waals surface area contributed by atoms with E-state index >= 15 is 0 Å². The molecule has 2 atom stereocenters. The molecular weight excluding hydrogens is 250 g/mol. The summed E-state index contributed by atoms with van der Waals surface area (Å²) >= 11 is 0. The molecule has 0 aromatic rings. The molecule has 0 aromatic carbocycles. The highest BCUT2D eigenvalue weighted by atomic mass is 16.4. The average Bonchev–Trinajstić information content (AvgIpc) is 2.29. The summed E-state index contributed by atoms with van der Waals surface area (Å²) in [7, 11) is 0. The lowest BCUT2D eigenvalue weighted by atomic mass is 10.0. The van der Waals surface area contributed by atoms with Gasteiger partial charge in [0.05, 0.1) is 6.04 Å². The summed E-state index contributed by atoms with van der Waals surface area (Å²) in [5.74, 6) is -1.78. The molecule has 0 aliphatic rings. The minimum absolute atomic E-state index is 0.0104. The van der Waals surface area contributed by atoms with Gasteiger partial charge in [0.1, 0.15) is 6.04 Å². The smallest absolute Gasteiger partial charge is 0.326 e. The maximum Gasteiger partial charge on any atom is 0.326 e. The van der Waals surface area contributed by atoms with Gasteiger partial charge in [-0.1, -0.05) is 13.8 Å². The van der Waals surface area contributed by atoms with Crippen molar-refractivity contribution >= 4 is 17.8 Å². The van der Waals surface area contributed by atoms with Crippen LogP contribution in [-0.4, -0.2) is 41.6 Å². The van der Waals surface area contributed by atoms with Crippen LogP contribution < -0.4 is 22.5 Å². The molecule has 0 aliphatic heterocycles. The number of carboxylic acid groups (broad SMARTS) is 1. The summed E-state index contributed by atoms with van der Waals surface area (Å²) in [6.07, 6.45) is 0.930. The van der Waals surface area contributed by atoms with Gasteiger partial charge in [-0.05, 0) is 18.8 Å². The largest absolute Gasteiger partial charge is 0.480 e. The average molecular weight is 273 g/mol. The first-order valence-electron chi connectivity index (χ1n) is 6.09. The zero-order valence-electron chi connectivity index (χ0n) is 11.3. The molecule has 0 bridgehead atoms.